The molecule has 4 nitrogen and oxygen atoms in total. The zero-order chi connectivity index (χ0) is 12.0. The van der Waals surface area contributed by atoms with Crippen LogP contribution in [-0.4, -0.2) is 28.9 Å². The summed E-state index contributed by atoms with van der Waals surface area (Å²) in [4.78, 5) is 15.8. The number of nitrogens with two attached hydrogens (primary N) is 1. The summed E-state index contributed by atoms with van der Waals surface area (Å²) in [7, 11) is 0. The second-order valence-electron chi connectivity index (χ2n) is 3.48. The van der Waals surface area contributed by atoms with E-state index in [1.165, 1.54) is 0 Å². The Kier molecular flexibility index (Phi) is 5.11. The van der Waals surface area contributed by atoms with Gasteiger partial charge in [-0.05, 0) is 24.8 Å². The summed E-state index contributed by atoms with van der Waals surface area (Å²) in [5.41, 5.74) is 5.90. The molecule has 16 heavy (non-hydrogen) atoms. The number of hydrogen-bond donors (Lipinski definition) is 2. The molecule has 0 aromatic carbocycles. The monoisotopic (exact) mass is 239 g/mol. The summed E-state index contributed by atoms with van der Waals surface area (Å²) in [6.45, 7) is 2.05. The van der Waals surface area contributed by atoms with Crippen molar-refractivity contribution < 1.29 is 4.79 Å². The quantitative estimate of drug-likeness (QED) is 0.817. The molecule has 1 aromatic heterocycles. The van der Waals surface area contributed by atoms with E-state index in [1.807, 2.05) is 13.2 Å². The van der Waals surface area contributed by atoms with Gasteiger partial charge in [0.15, 0.2) is 0 Å². The number of hydrogen-bond acceptors (Lipinski definition) is 4. The predicted molar refractivity (Wildman–Crippen MR) is 68.6 cm³/mol. The molecule has 0 radical (unpaired) electrons. The first-order valence-corrected chi connectivity index (χ1v) is 6.59. The van der Waals surface area contributed by atoms with E-state index in [1.54, 1.807) is 30.0 Å². The van der Waals surface area contributed by atoms with Gasteiger partial charge in [-0.25, -0.2) is 4.98 Å². The third-order valence-corrected chi connectivity index (χ3v) is 2.93. The second kappa shape index (κ2) is 6.37. The molecule has 0 saturated carbocycles. The second-order valence-corrected chi connectivity index (χ2v) is 4.39. The molecule has 1 heterocycles. The number of nitrogen functional groups attached to an aromatic ring is 1. The molecule has 1 rings (SSSR count). The molecular formula is C11H17N3OS. The van der Waals surface area contributed by atoms with E-state index >= 15 is 0 Å². The van der Waals surface area contributed by atoms with Crippen LogP contribution >= 0.6 is 11.8 Å². The van der Waals surface area contributed by atoms with Crippen molar-refractivity contribution in [3.05, 3.63) is 23.9 Å². The highest BCUT2D eigenvalue weighted by Gasteiger charge is 2.12. The Morgan fingerprint density at radius 3 is 2.94 bits per heavy atom. The predicted octanol–water partition coefficient (Wildman–Crippen LogP) is 1.54. The van der Waals surface area contributed by atoms with E-state index in [2.05, 4.69) is 10.3 Å². The topological polar surface area (TPSA) is 68.0 Å². The first-order valence-electron chi connectivity index (χ1n) is 5.19. The van der Waals surface area contributed by atoms with Gasteiger partial charge in [0.05, 0.1) is 0 Å². The minimum absolute atomic E-state index is 0.159. The molecule has 1 amide bonds. The van der Waals surface area contributed by atoms with Crippen molar-refractivity contribution in [1.82, 2.24) is 10.3 Å². The Morgan fingerprint density at radius 2 is 2.38 bits per heavy atom. The molecule has 1 atom stereocenters. The Labute approximate surface area is 100 Å². The molecule has 0 aliphatic heterocycles. The van der Waals surface area contributed by atoms with Crippen molar-refractivity contribution in [3.63, 3.8) is 0 Å². The number of nitrogens with one attached hydrogen (secondary N) is 1. The van der Waals surface area contributed by atoms with Crippen molar-refractivity contribution in [2.75, 3.05) is 17.7 Å². The van der Waals surface area contributed by atoms with E-state index in [4.69, 9.17) is 5.73 Å². The Hall–Kier alpha value is -1.23. The zero-order valence-electron chi connectivity index (χ0n) is 9.56. The fraction of sp³-hybridized carbons (Fsp3) is 0.455. The number of pyridine rings is 1. The number of carbonyl (C=O) groups is 1. The molecule has 1 unspecified atom stereocenters. The fourth-order valence-corrected chi connectivity index (χ4v) is 2.02. The summed E-state index contributed by atoms with van der Waals surface area (Å²) < 4.78 is 0. The SMILES string of the molecule is CCC(CSC)NC(=O)c1cccc(N)n1. The van der Waals surface area contributed by atoms with Crippen molar-refractivity contribution >= 4 is 23.5 Å². The van der Waals surface area contributed by atoms with Crippen LogP contribution in [0.5, 0.6) is 0 Å². The lowest BCUT2D eigenvalue weighted by Crippen LogP contribution is -2.36. The number of aromatic nitrogens is 1. The summed E-state index contributed by atoms with van der Waals surface area (Å²) in [6.07, 6.45) is 2.93. The van der Waals surface area contributed by atoms with Gasteiger partial charge in [-0.2, -0.15) is 11.8 Å². The van der Waals surface area contributed by atoms with Crippen LogP contribution in [0, 0.1) is 0 Å². The average Bonchev–Trinajstić information content (AvgIpc) is 2.28. The molecule has 0 aliphatic carbocycles. The third kappa shape index (κ3) is 3.73. The number of nitrogens with zero attached hydrogens (tertiary/aromatic N) is 1. The first kappa shape index (κ1) is 12.8. The van der Waals surface area contributed by atoms with Crippen LogP contribution < -0.4 is 11.1 Å². The van der Waals surface area contributed by atoms with Crippen LogP contribution in [0.25, 0.3) is 0 Å². The number of thioether (sulfide) groups is 1. The molecule has 5 heteroatoms. The van der Waals surface area contributed by atoms with Crippen LogP contribution in [-0.2, 0) is 0 Å². The zero-order valence-corrected chi connectivity index (χ0v) is 10.4. The summed E-state index contributed by atoms with van der Waals surface area (Å²) in [5, 5.41) is 2.93. The summed E-state index contributed by atoms with van der Waals surface area (Å²) >= 11 is 1.71. The van der Waals surface area contributed by atoms with Gasteiger partial charge in [-0.15, -0.1) is 0 Å². The van der Waals surface area contributed by atoms with E-state index in [0.29, 0.717) is 11.5 Å². The number of rotatable bonds is 5. The van der Waals surface area contributed by atoms with Gasteiger partial charge >= 0.3 is 0 Å². The maximum Gasteiger partial charge on any atom is 0.270 e. The molecule has 0 saturated heterocycles. The van der Waals surface area contributed by atoms with Crippen molar-refractivity contribution in [1.29, 1.82) is 0 Å². The highest BCUT2D eigenvalue weighted by molar-refractivity contribution is 7.98. The lowest BCUT2D eigenvalue weighted by Gasteiger charge is -2.15. The van der Waals surface area contributed by atoms with Crippen molar-refractivity contribution in [2.24, 2.45) is 0 Å². The number of anilines is 1. The molecule has 3 N–H and O–H groups in total. The van der Waals surface area contributed by atoms with E-state index in [0.717, 1.165) is 12.2 Å². The Bertz CT molecular complexity index is 357. The lowest BCUT2D eigenvalue weighted by molar-refractivity contribution is 0.0935. The van der Waals surface area contributed by atoms with Crippen LogP contribution in [0.15, 0.2) is 18.2 Å². The Balaban J connectivity index is 2.64. The number of carbonyl (C=O) groups excluding carboxylic acids is 1. The molecule has 0 fully saturated rings. The molecule has 0 spiro atoms. The van der Waals surface area contributed by atoms with Gasteiger partial charge in [0, 0.05) is 11.8 Å². The van der Waals surface area contributed by atoms with E-state index in [9.17, 15) is 4.79 Å². The summed E-state index contributed by atoms with van der Waals surface area (Å²) in [5.74, 6) is 1.11. The highest BCUT2D eigenvalue weighted by atomic mass is 32.2. The van der Waals surface area contributed by atoms with Gasteiger partial charge in [0.25, 0.3) is 5.91 Å². The van der Waals surface area contributed by atoms with Crippen molar-refractivity contribution in [3.8, 4) is 0 Å². The highest BCUT2D eigenvalue weighted by Crippen LogP contribution is 2.04. The van der Waals surface area contributed by atoms with Gasteiger partial charge in [-0.3, -0.25) is 4.79 Å². The van der Waals surface area contributed by atoms with Crippen LogP contribution in [0.2, 0.25) is 0 Å². The van der Waals surface area contributed by atoms with Crippen LogP contribution in [0.3, 0.4) is 0 Å². The maximum atomic E-state index is 11.8. The smallest absolute Gasteiger partial charge is 0.270 e. The average molecular weight is 239 g/mol. The van der Waals surface area contributed by atoms with E-state index < -0.39 is 0 Å². The van der Waals surface area contributed by atoms with Crippen molar-refractivity contribution in [2.45, 2.75) is 19.4 Å². The largest absolute Gasteiger partial charge is 0.384 e. The molecular weight excluding hydrogens is 222 g/mol. The maximum absolute atomic E-state index is 11.8. The molecule has 88 valence electrons. The van der Waals surface area contributed by atoms with Gasteiger partial charge in [-0.1, -0.05) is 13.0 Å². The molecule has 0 bridgehead atoms. The van der Waals surface area contributed by atoms with Crippen LogP contribution in [0.1, 0.15) is 23.8 Å². The minimum atomic E-state index is -0.159. The van der Waals surface area contributed by atoms with Gasteiger partial charge in [0.1, 0.15) is 11.5 Å². The van der Waals surface area contributed by atoms with E-state index in [-0.39, 0.29) is 11.9 Å². The standard InChI is InChI=1S/C11H17N3OS/c1-3-8(7-16-2)13-11(15)9-5-4-6-10(12)14-9/h4-6,8H,3,7H2,1-2H3,(H2,12,14)(H,13,15). The molecule has 0 aliphatic rings. The lowest BCUT2D eigenvalue weighted by atomic mass is 10.2. The van der Waals surface area contributed by atoms with Gasteiger partial charge < -0.3 is 11.1 Å². The first-order chi connectivity index (χ1) is 7.67. The third-order valence-electron chi connectivity index (χ3n) is 2.20. The normalized spacial score (nSPS) is 12.1. The molecule has 1 aromatic rings. The fourth-order valence-electron chi connectivity index (χ4n) is 1.30. The number of amides is 1. The van der Waals surface area contributed by atoms with Gasteiger partial charge in [0.2, 0.25) is 0 Å². The summed E-state index contributed by atoms with van der Waals surface area (Å²) in [6, 6.07) is 5.24. The Morgan fingerprint density at radius 1 is 1.62 bits per heavy atom. The van der Waals surface area contributed by atoms with Crippen LogP contribution in [0.4, 0.5) is 5.82 Å². The minimum Gasteiger partial charge on any atom is -0.384 e.